The molecule has 2 aromatic carbocycles. The number of thiol groups is 1. The monoisotopic (exact) mass is 346 g/mol. The Labute approximate surface area is 135 Å². The van der Waals surface area contributed by atoms with Gasteiger partial charge in [0.05, 0.1) is 5.69 Å². The van der Waals surface area contributed by atoms with Crippen molar-refractivity contribution in [3.8, 4) is 5.75 Å². The van der Waals surface area contributed by atoms with E-state index in [1.165, 1.54) is 24.3 Å². The average molecular weight is 347 g/mol. The van der Waals surface area contributed by atoms with Crippen LogP contribution in [0.2, 0.25) is 10.0 Å². The third-order valence-corrected chi connectivity index (χ3v) is 3.33. The fourth-order valence-electron chi connectivity index (χ4n) is 1.55. The molecule has 2 N–H and O–H groups in total. The second-order valence-electron chi connectivity index (χ2n) is 4.04. The lowest BCUT2D eigenvalue weighted by atomic mass is 10.3. The summed E-state index contributed by atoms with van der Waals surface area (Å²) < 4.78 is 14.1. The summed E-state index contributed by atoms with van der Waals surface area (Å²) in [6, 6.07) is 7.34. The highest BCUT2D eigenvalue weighted by molar-refractivity contribution is 7.82. The van der Waals surface area contributed by atoms with Gasteiger partial charge in [-0.15, -0.1) is 0 Å². The normalized spacial score (nSPS) is 10.3. The SMILES string of the molecule is O=C(Nc1cc(Cl)cc(Cl)c1)N(S)c1ccc(O)c(F)c1. The Kier molecular flexibility index (Phi) is 4.82. The zero-order valence-electron chi connectivity index (χ0n) is 10.3. The van der Waals surface area contributed by atoms with Crippen LogP contribution in [0.1, 0.15) is 0 Å². The summed E-state index contributed by atoms with van der Waals surface area (Å²) in [6.07, 6.45) is 0. The van der Waals surface area contributed by atoms with Gasteiger partial charge in [-0.1, -0.05) is 36.0 Å². The Balaban J connectivity index is 2.17. The maximum Gasteiger partial charge on any atom is 0.336 e. The number of carbonyl (C=O) groups is 1. The van der Waals surface area contributed by atoms with Crippen LogP contribution >= 0.6 is 36.0 Å². The molecule has 21 heavy (non-hydrogen) atoms. The first-order chi connectivity index (χ1) is 9.86. The van der Waals surface area contributed by atoms with Crippen LogP contribution in [0.25, 0.3) is 0 Å². The lowest BCUT2D eigenvalue weighted by molar-refractivity contribution is 0.260. The van der Waals surface area contributed by atoms with Gasteiger partial charge in [0, 0.05) is 21.8 Å². The molecule has 0 aliphatic rings. The smallest absolute Gasteiger partial charge is 0.336 e. The van der Waals surface area contributed by atoms with Gasteiger partial charge in [-0.05, 0) is 30.3 Å². The molecular formula is C13H9Cl2FN2O2S. The number of anilines is 2. The molecule has 0 spiro atoms. The number of hydrogen-bond acceptors (Lipinski definition) is 3. The number of aromatic hydroxyl groups is 1. The van der Waals surface area contributed by atoms with Gasteiger partial charge < -0.3 is 10.4 Å². The summed E-state index contributed by atoms with van der Waals surface area (Å²) in [5.74, 6) is -1.37. The highest BCUT2D eigenvalue weighted by atomic mass is 35.5. The molecule has 0 atom stereocenters. The van der Waals surface area contributed by atoms with Gasteiger partial charge in [0.1, 0.15) is 0 Å². The zero-order chi connectivity index (χ0) is 15.6. The number of phenolic OH excluding ortho intramolecular Hbond substituents is 1. The van der Waals surface area contributed by atoms with Crippen molar-refractivity contribution in [2.75, 3.05) is 9.62 Å². The third kappa shape index (κ3) is 3.93. The van der Waals surface area contributed by atoms with Gasteiger partial charge >= 0.3 is 6.03 Å². The Morgan fingerprint density at radius 2 is 1.81 bits per heavy atom. The molecule has 8 heteroatoms. The van der Waals surface area contributed by atoms with Crippen molar-refractivity contribution in [3.05, 3.63) is 52.3 Å². The Hall–Kier alpha value is -1.63. The van der Waals surface area contributed by atoms with E-state index in [9.17, 15) is 9.18 Å². The Morgan fingerprint density at radius 1 is 1.19 bits per heavy atom. The number of nitrogens with zero attached hydrogens (tertiary/aromatic N) is 1. The molecule has 0 aliphatic heterocycles. The van der Waals surface area contributed by atoms with Gasteiger partial charge in [-0.25, -0.2) is 13.5 Å². The van der Waals surface area contributed by atoms with Crippen molar-refractivity contribution in [2.45, 2.75) is 0 Å². The molecule has 2 aromatic rings. The number of nitrogens with one attached hydrogen (secondary N) is 1. The summed E-state index contributed by atoms with van der Waals surface area (Å²) in [7, 11) is 0. The number of benzene rings is 2. The number of rotatable bonds is 2. The summed E-state index contributed by atoms with van der Waals surface area (Å²) >= 11 is 15.6. The van der Waals surface area contributed by atoms with Crippen LogP contribution in [0.5, 0.6) is 5.75 Å². The molecule has 2 amide bonds. The largest absolute Gasteiger partial charge is 0.505 e. The minimum atomic E-state index is -0.856. The van der Waals surface area contributed by atoms with Crippen LogP contribution < -0.4 is 9.62 Å². The maximum atomic E-state index is 13.3. The zero-order valence-corrected chi connectivity index (χ0v) is 12.8. The highest BCUT2D eigenvalue weighted by Crippen LogP contribution is 2.26. The first-order valence-corrected chi connectivity index (χ1v) is 6.77. The molecule has 0 saturated carbocycles. The van der Waals surface area contributed by atoms with Crippen molar-refractivity contribution in [1.82, 2.24) is 0 Å². The number of carbonyl (C=O) groups excluding carboxylic acids is 1. The highest BCUT2D eigenvalue weighted by Gasteiger charge is 2.14. The van der Waals surface area contributed by atoms with Crippen LogP contribution in [-0.2, 0) is 0 Å². The quantitative estimate of drug-likeness (QED) is 0.689. The molecule has 0 bridgehead atoms. The second-order valence-corrected chi connectivity index (χ2v) is 5.31. The summed E-state index contributed by atoms with van der Waals surface area (Å²) in [6.45, 7) is 0. The number of halogens is 3. The van der Waals surface area contributed by atoms with E-state index >= 15 is 0 Å². The van der Waals surface area contributed by atoms with Crippen molar-refractivity contribution in [1.29, 1.82) is 0 Å². The summed E-state index contributed by atoms with van der Waals surface area (Å²) in [5.41, 5.74) is 0.523. The van der Waals surface area contributed by atoms with Gasteiger partial charge in [-0.2, -0.15) is 0 Å². The fraction of sp³-hybridized carbons (Fsp3) is 0. The minimum absolute atomic E-state index is 0.152. The maximum absolute atomic E-state index is 13.3. The molecule has 4 nitrogen and oxygen atoms in total. The number of amides is 2. The molecule has 110 valence electrons. The predicted molar refractivity (Wildman–Crippen MR) is 85.0 cm³/mol. The molecule has 2 rings (SSSR count). The van der Waals surface area contributed by atoms with Crippen LogP contribution in [0.3, 0.4) is 0 Å². The molecule has 0 fully saturated rings. The molecular weight excluding hydrogens is 338 g/mol. The predicted octanol–water partition coefficient (Wildman–Crippen LogP) is 4.72. The van der Waals surface area contributed by atoms with Crippen molar-refractivity contribution < 1.29 is 14.3 Å². The number of phenols is 1. The van der Waals surface area contributed by atoms with Gasteiger partial charge in [0.15, 0.2) is 11.6 Å². The minimum Gasteiger partial charge on any atom is -0.505 e. The van der Waals surface area contributed by atoms with Crippen LogP contribution in [0, 0.1) is 5.82 Å². The molecule has 0 heterocycles. The van der Waals surface area contributed by atoms with Crippen LogP contribution in [-0.4, -0.2) is 11.1 Å². The standard InChI is InChI=1S/C13H9Cl2FN2O2S/c14-7-3-8(15)5-9(4-7)17-13(20)18(21)10-1-2-12(19)11(16)6-10/h1-6,19,21H,(H,17,20). The average Bonchev–Trinajstić information content (AvgIpc) is 2.39. The summed E-state index contributed by atoms with van der Waals surface area (Å²) in [4.78, 5) is 12.0. The first-order valence-electron chi connectivity index (χ1n) is 5.61. The van der Waals surface area contributed by atoms with Gasteiger partial charge in [0.2, 0.25) is 0 Å². The van der Waals surface area contributed by atoms with Crippen LogP contribution in [0.15, 0.2) is 36.4 Å². The Bertz CT molecular complexity index is 680. The van der Waals surface area contributed by atoms with E-state index in [0.29, 0.717) is 15.7 Å². The van der Waals surface area contributed by atoms with E-state index < -0.39 is 17.6 Å². The van der Waals surface area contributed by atoms with E-state index in [1.54, 1.807) is 0 Å². The van der Waals surface area contributed by atoms with Gasteiger partial charge in [-0.3, -0.25) is 0 Å². The molecule has 0 aromatic heterocycles. The number of hydrogen-bond donors (Lipinski definition) is 3. The molecule has 0 unspecified atom stereocenters. The Morgan fingerprint density at radius 3 is 2.38 bits per heavy atom. The lowest BCUT2D eigenvalue weighted by Crippen LogP contribution is -2.26. The first kappa shape index (κ1) is 15.8. The molecule has 0 radical (unpaired) electrons. The van der Waals surface area contributed by atoms with Crippen LogP contribution in [0.4, 0.5) is 20.6 Å². The third-order valence-electron chi connectivity index (χ3n) is 2.48. The summed E-state index contributed by atoms with van der Waals surface area (Å²) in [5, 5.41) is 12.3. The fourth-order valence-corrected chi connectivity index (χ4v) is 2.25. The molecule has 0 aliphatic carbocycles. The van der Waals surface area contributed by atoms with Crippen molar-refractivity contribution >= 4 is 53.4 Å². The lowest BCUT2D eigenvalue weighted by Gasteiger charge is -2.17. The van der Waals surface area contributed by atoms with E-state index in [4.69, 9.17) is 28.3 Å². The van der Waals surface area contributed by atoms with E-state index in [0.717, 1.165) is 16.4 Å². The number of urea groups is 1. The van der Waals surface area contributed by atoms with Crippen molar-refractivity contribution in [2.24, 2.45) is 0 Å². The second kappa shape index (κ2) is 6.43. The van der Waals surface area contributed by atoms with Crippen molar-refractivity contribution in [3.63, 3.8) is 0 Å². The van der Waals surface area contributed by atoms with E-state index in [-0.39, 0.29) is 5.69 Å². The van der Waals surface area contributed by atoms with E-state index in [2.05, 4.69) is 18.1 Å². The van der Waals surface area contributed by atoms with Gasteiger partial charge in [0.25, 0.3) is 0 Å². The van der Waals surface area contributed by atoms with E-state index in [1.807, 2.05) is 0 Å². The molecule has 0 saturated heterocycles. The topological polar surface area (TPSA) is 52.6 Å².